The second-order valence-electron chi connectivity index (χ2n) is 33.1. The van der Waals surface area contributed by atoms with E-state index in [-0.39, 0.29) is 144 Å². The van der Waals surface area contributed by atoms with Crippen LogP contribution in [0, 0.1) is 29.6 Å². The number of anilines is 1. The van der Waals surface area contributed by atoms with Crippen LogP contribution in [0.1, 0.15) is 171 Å². The number of rotatable bonds is 55. The molecule has 12 amide bonds. The Morgan fingerprint density at radius 2 is 1.18 bits per heavy atom. The highest BCUT2D eigenvalue weighted by Crippen LogP contribution is 2.26. The highest BCUT2D eigenvalue weighted by molar-refractivity contribution is 6.13. The van der Waals surface area contributed by atoms with Crippen molar-refractivity contribution >= 4 is 94.5 Å². The molecule has 0 spiro atoms. The number of nitrogens with two attached hydrogens (primary N) is 1. The normalized spacial score (nSPS) is 19.7. The monoisotopic (exact) mass is 1850 g/mol. The standard InChI is InChI=1S/C93H143N11O27/c1-15-63(7)82-87(113)98-68(12)91(117)131-83(64(8)16-2)65(9)21-19-22-66(10)90(116)130-78(55-61(3)4)86(112)97-67(11)88(114)103(14)77(89(115)102(13)58-79(107)101-82)56-69-27-31-74(32-28-69)129-60-96-93(119)128-59-70-25-29-71(30-26-70)99-85(111)76(24-20-37-95-92(94)118)100-84(110)75(62(5)6)57-73(106)36-40-121-42-44-123-46-48-125-50-52-127-54-53-126-51-49-124-47-45-122-43-41-120-39-18-17-23-72(105)35-38-104-80(108)33-34-81(104)109/h16,22,25-34,61-63,65,67-68,75-78,82-83H,15,17-21,23-24,35-60H2,1-14H3,(H,96,119)(H,97,112)(H,98,113)(H,99,111)(H,100,110)(H,101,107)(H3,94,95,118)/b64-16+,66-22+/t63?,65-,67-,68+,75-,76-,77+,78+,82-,83+/m0/s1. The molecular formula is C93H143N11O27. The Bertz CT molecular complexity index is 4010. The van der Waals surface area contributed by atoms with Crippen molar-refractivity contribution in [1.29, 1.82) is 0 Å². The number of allylic oxidation sites excluding steroid dienone is 2. The third-order valence-corrected chi connectivity index (χ3v) is 21.6. The summed E-state index contributed by atoms with van der Waals surface area (Å²) in [5.74, 6) is -8.66. The fraction of sp³-hybridized carbons (Fsp3) is 0.645. The average Bonchev–Trinajstić information content (AvgIpc) is 1.35. The number of unbranched alkanes of at least 4 members (excludes halogenated alkanes) is 1. The number of urea groups is 1. The molecule has 38 heteroatoms. The van der Waals surface area contributed by atoms with E-state index < -0.39 is 126 Å². The number of alkyl carbamates (subject to hydrolysis) is 1. The number of Topliss-reactive ketones (excluding diaryl/α,β-unsaturated/α-hetero) is 2. The Kier molecular flexibility index (Phi) is 54.6. The van der Waals surface area contributed by atoms with Crippen LogP contribution in [0.2, 0.25) is 0 Å². The predicted octanol–water partition coefficient (Wildman–Crippen LogP) is 6.21. The number of esters is 2. The van der Waals surface area contributed by atoms with E-state index in [1.54, 1.807) is 82.3 Å². The third-order valence-electron chi connectivity index (χ3n) is 21.6. The zero-order chi connectivity index (χ0) is 96.7. The number of nitrogens with one attached hydrogen (secondary N) is 7. The molecule has 0 saturated heterocycles. The number of hydrogen-bond acceptors (Lipinski definition) is 27. The molecular weight excluding hydrogens is 1700 g/mol. The number of likely N-dealkylation sites (N-methyl/N-ethyl adjacent to an activating group) is 2. The van der Waals surface area contributed by atoms with Crippen molar-refractivity contribution in [1.82, 2.24) is 46.6 Å². The summed E-state index contributed by atoms with van der Waals surface area (Å²) in [5.41, 5.74) is 7.66. The highest BCUT2D eigenvalue weighted by atomic mass is 16.6. The van der Waals surface area contributed by atoms with Gasteiger partial charge in [0.25, 0.3) is 17.7 Å². The first-order valence-corrected chi connectivity index (χ1v) is 45.2. The quantitative estimate of drug-likeness (QED) is 0.00911. The van der Waals surface area contributed by atoms with Gasteiger partial charge in [-0.2, -0.15) is 0 Å². The van der Waals surface area contributed by atoms with Crippen LogP contribution in [-0.2, 0) is 127 Å². The molecule has 0 aromatic heterocycles. The minimum Gasteiger partial charge on any atom is -0.473 e. The van der Waals surface area contributed by atoms with Gasteiger partial charge in [-0.15, -0.1) is 0 Å². The van der Waals surface area contributed by atoms with Gasteiger partial charge in [0.05, 0.1) is 106 Å². The van der Waals surface area contributed by atoms with E-state index in [1.165, 1.54) is 40.1 Å². The maximum absolute atomic E-state index is 14.7. The lowest BCUT2D eigenvalue weighted by atomic mass is 9.88. The van der Waals surface area contributed by atoms with E-state index in [9.17, 15) is 71.9 Å². The number of carbonyl (C=O) groups is 15. The fourth-order valence-corrected chi connectivity index (χ4v) is 13.4. The average molecular weight is 1850 g/mol. The molecule has 1 unspecified atom stereocenters. The summed E-state index contributed by atoms with van der Waals surface area (Å²) in [6, 6.07) is 6.05. The summed E-state index contributed by atoms with van der Waals surface area (Å²) in [6.07, 6.45) is 6.53. The van der Waals surface area contributed by atoms with Crippen LogP contribution in [0.25, 0.3) is 0 Å². The van der Waals surface area contributed by atoms with Gasteiger partial charge in [-0.05, 0) is 144 Å². The molecule has 0 fully saturated rings. The zero-order valence-corrected chi connectivity index (χ0v) is 78.8. The number of imide groups is 1. The molecule has 0 aliphatic carbocycles. The van der Waals surface area contributed by atoms with Gasteiger partial charge in [-0.25, -0.2) is 19.2 Å². The van der Waals surface area contributed by atoms with E-state index in [0.29, 0.717) is 141 Å². The fourth-order valence-electron chi connectivity index (χ4n) is 13.4. The number of nitrogens with zero attached hydrogens (tertiary/aromatic N) is 3. The zero-order valence-electron chi connectivity index (χ0n) is 78.8. The molecule has 2 aromatic carbocycles. The molecule has 0 radical (unpaired) electrons. The topological polar surface area (TPSA) is 487 Å². The van der Waals surface area contributed by atoms with Crippen molar-refractivity contribution < 1.29 is 129 Å². The van der Waals surface area contributed by atoms with E-state index in [1.807, 2.05) is 47.6 Å². The SMILES string of the molecule is C/C=C(\C)[C@H]1OC(=O)[C@@H](C)NC(=O)[C@H](C(C)CC)NC(=O)CN(C)C(=O)[C@@H](Cc2ccc(OCNC(=O)OCc3ccc(NC(=O)[C@H](CCCNC(N)=O)NC(=O)[C@@H](CC(=O)CCOCCOCCOCCOCCOCCOCCOCCOCCCCC(=O)CCN4C(=O)C=CC4=O)C(C)C)cc3)cc2)N(C)C(=O)[C@H](C)NC(=O)[C@@H](CC(C)C)OC(=O)/C(C)=C/CC[C@@H]1C. The van der Waals surface area contributed by atoms with Crippen LogP contribution in [-0.4, -0.2) is 292 Å². The van der Waals surface area contributed by atoms with Gasteiger partial charge < -0.3 is 104 Å². The molecule has 0 bridgehead atoms. The van der Waals surface area contributed by atoms with Gasteiger partial charge in [0.1, 0.15) is 60.2 Å². The van der Waals surface area contributed by atoms with Crippen LogP contribution < -0.4 is 47.7 Å². The van der Waals surface area contributed by atoms with Gasteiger partial charge in [-0.3, -0.25) is 63.0 Å². The molecule has 10 atom stereocenters. The third kappa shape index (κ3) is 45.4. The van der Waals surface area contributed by atoms with Crippen molar-refractivity contribution in [3.05, 3.63) is 95.1 Å². The van der Waals surface area contributed by atoms with Crippen molar-refractivity contribution in [2.45, 2.75) is 216 Å². The van der Waals surface area contributed by atoms with Gasteiger partial charge in [0.2, 0.25) is 35.4 Å². The van der Waals surface area contributed by atoms with Crippen LogP contribution in [0.3, 0.4) is 0 Å². The number of benzene rings is 2. The molecule has 0 saturated carbocycles. The Labute approximate surface area is 769 Å². The smallest absolute Gasteiger partial charge is 0.410 e. The summed E-state index contributed by atoms with van der Waals surface area (Å²) in [5, 5.41) is 18.7. The summed E-state index contributed by atoms with van der Waals surface area (Å²) < 4.78 is 67.4. The van der Waals surface area contributed by atoms with Gasteiger partial charge in [-0.1, -0.05) is 91.3 Å². The summed E-state index contributed by atoms with van der Waals surface area (Å²) in [4.78, 5) is 202. The van der Waals surface area contributed by atoms with Crippen LogP contribution in [0.4, 0.5) is 15.3 Å². The first kappa shape index (κ1) is 113. The second-order valence-corrected chi connectivity index (χ2v) is 33.1. The molecule has 2 aliphatic heterocycles. The van der Waals surface area contributed by atoms with Crippen molar-refractivity contribution in [2.75, 3.05) is 151 Å². The predicted molar refractivity (Wildman–Crippen MR) is 483 cm³/mol. The molecule has 4 rings (SSSR count). The molecule has 38 nitrogen and oxygen atoms in total. The highest BCUT2D eigenvalue weighted by Gasteiger charge is 2.38. The lowest BCUT2D eigenvalue weighted by Crippen LogP contribution is -2.57. The minimum atomic E-state index is -1.31. The lowest BCUT2D eigenvalue weighted by Gasteiger charge is -2.33. The van der Waals surface area contributed by atoms with E-state index >= 15 is 0 Å². The van der Waals surface area contributed by atoms with E-state index in [0.717, 1.165) is 20.3 Å². The molecule has 2 heterocycles. The largest absolute Gasteiger partial charge is 0.473 e. The maximum Gasteiger partial charge on any atom is 0.410 e. The van der Waals surface area contributed by atoms with Gasteiger partial charge >= 0.3 is 24.1 Å². The van der Waals surface area contributed by atoms with E-state index in [4.69, 9.17) is 62.6 Å². The summed E-state index contributed by atoms with van der Waals surface area (Å²) in [7, 11) is 2.74. The first-order valence-electron chi connectivity index (χ1n) is 45.2. The van der Waals surface area contributed by atoms with Gasteiger partial charge in [0, 0.05) is 95.2 Å². The molecule has 2 aromatic rings. The second kappa shape index (κ2) is 63.5. The van der Waals surface area contributed by atoms with E-state index in [2.05, 4.69) is 37.2 Å². The number of carbonyl (C=O) groups excluding carboxylic acids is 15. The van der Waals surface area contributed by atoms with Crippen LogP contribution >= 0.6 is 0 Å². The summed E-state index contributed by atoms with van der Waals surface area (Å²) in [6.45, 7) is 25.7. The van der Waals surface area contributed by atoms with Crippen molar-refractivity contribution in [3.8, 4) is 5.75 Å². The van der Waals surface area contributed by atoms with Crippen LogP contribution in [0.15, 0.2) is 84.0 Å². The van der Waals surface area contributed by atoms with Crippen molar-refractivity contribution in [2.24, 2.45) is 35.3 Å². The van der Waals surface area contributed by atoms with Crippen molar-refractivity contribution in [3.63, 3.8) is 0 Å². The Morgan fingerprint density at radius 1 is 0.626 bits per heavy atom. The first-order chi connectivity index (χ1) is 62.5. The number of ether oxygens (including phenoxy) is 12. The minimum absolute atomic E-state index is 0.00134. The molecule has 732 valence electrons. The Balaban J connectivity index is 1.20. The molecule has 2 aliphatic rings. The maximum atomic E-state index is 14.7. The Morgan fingerprint density at radius 3 is 1.73 bits per heavy atom. The molecule has 9 N–H and O–H groups in total. The van der Waals surface area contributed by atoms with Crippen LogP contribution in [0.5, 0.6) is 5.75 Å². The summed E-state index contributed by atoms with van der Waals surface area (Å²) >= 11 is 0. The lowest BCUT2D eigenvalue weighted by molar-refractivity contribution is -0.154. The number of hydrogen-bond donors (Lipinski definition) is 8. The number of cyclic esters (lactones) is 2. The van der Waals surface area contributed by atoms with Gasteiger partial charge in [0.15, 0.2) is 12.8 Å². The Hall–Kier alpha value is -10.6. The number of amides is 12. The number of primary amides is 1. The molecule has 131 heavy (non-hydrogen) atoms. The number of ketones is 2.